The van der Waals surface area contributed by atoms with Crippen molar-refractivity contribution in [3.8, 4) is 11.8 Å². The number of likely N-dealkylation sites (tertiary alicyclic amines) is 1. The summed E-state index contributed by atoms with van der Waals surface area (Å²) in [7, 11) is 3.27. The molecule has 196 valence electrons. The number of rotatable bonds is 7. The number of aromatic nitrogens is 4. The summed E-state index contributed by atoms with van der Waals surface area (Å²) in [5.74, 6) is 6.10. The van der Waals surface area contributed by atoms with Crippen molar-refractivity contribution in [2.45, 2.75) is 37.3 Å². The molecule has 11 heteroatoms. The number of anilines is 1. The number of benzene rings is 1. The number of primary amides is 1. The Hall–Kier alpha value is -3.94. The van der Waals surface area contributed by atoms with E-state index in [1.807, 2.05) is 6.07 Å². The number of carbonyl (C=O) groups excluding carboxylic acids is 2. The van der Waals surface area contributed by atoms with Gasteiger partial charge in [0.15, 0.2) is 5.69 Å². The largest absolute Gasteiger partial charge is 0.383 e. The molecule has 3 aromatic rings. The van der Waals surface area contributed by atoms with Crippen molar-refractivity contribution in [3.63, 3.8) is 0 Å². The maximum Gasteiger partial charge on any atom is 0.255 e. The van der Waals surface area contributed by atoms with E-state index < -0.39 is 5.91 Å². The van der Waals surface area contributed by atoms with Crippen LogP contribution in [-0.4, -0.2) is 70.0 Å². The third-order valence-corrected chi connectivity index (χ3v) is 7.35. The van der Waals surface area contributed by atoms with Crippen LogP contribution in [0.2, 0.25) is 5.02 Å². The number of carbonyl (C=O) groups is 2. The van der Waals surface area contributed by atoms with Gasteiger partial charge in [0.05, 0.1) is 35.4 Å². The molecule has 38 heavy (non-hydrogen) atoms. The maximum absolute atomic E-state index is 12.5. The molecule has 0 bridgehead atoms. The lowest BCUT2D eigenvalue weighted by Gasteiger charge is -2.22. The number of amides is 2. The average molecular weight is 534 g/mol. The Morgan fingerprint density at radius 3 is 2.79 bits per heavy atom. The van der Waals surface area contributed by atoms with E-state index in [-0.39, 0.29) is 29.2 Å². The van der Waals surface area contributed by atoms with Crippen LogP contribution in [0, 0.1) is 11.8 Å². The van der Waals surface area contributed by atoms with Gasteiger partial charge in [-0.1, -0.05) is 24.1 Å². The van der Waals surface area contributed by atoms with Crippen molar-refractivity contribution >= 4 is 40.1 Å². The lowest BCUT2D eigenvalue weighted by molar-refractivity contribution is -0.127. The van der Waals surface area contributed by atoms with Crippen LogP contribution >= 0.6 is 11.6 Å². The lowest BCUT2D eigenvalue weighted by Crippen LogP contribution is -2.37. The van der Waals surface area contributed by atoms with Crippen LogP contribution in [-0.2, 0) is 9.53 Å². The monoisotopic (exact) mass is 533 g/mol. The van der Waals surface area contributed by atoms with Gasteiger partial charge in [-0.3, -0.25) is 9.59 Å². The molecule has 0 radical (unpaired) electrons. The van der Waals surface area contributed by atoms with Gasteiger partial charge >= 0.3 is 0 Å². The Morgan fingerprint density at radius 2 is 2.13 bits per heavy atom. The van der Waals surface area contributed by atoms with E-state index in [0.717, 1.165) is 23.8 Å². The van der Waals surface area contributed by atoms with Crippen LogP contribution in [0.4, 0.5) is 5.82 Å². The normalized spacial score (nSPS) is 18.8. The summed E-state index contributed by atoms with van der Waals surface area (Å²) in [5.41, 5.74) is 8.55. The molecule has 1 aliphatic heterocycles. The second-order valence-electron chi connectivity index (χ2n) is 9.50. The first-order valence-electron chi connectivity index (χ1n) is 12.3. The van der Waals surface area contributed by atoms with Crippen molar-refractivity contribution in [3.05, 3.63) is 58.4 Å². The third-order valence-electron chi connectivity index (χ3n) is 7.04. The number of nitrogens with one attached hydrogen (secondary N) is 1. The van der Waals surface area contributed by atoms with E-state index in [1.54, 1.807) is 36.0 Å². The van der Waals surface area contributed by atoms with Crippen molar-refractivity contribution in [2.75, 3.05) is 32.6 Å². The molecule has 2 aromatic heterocycles. The molecule has 1 aliphatic carbocycles. The number of nitrogens with two attached hydrogens (primary N) is 1. The second-order valence-corrected chi connectivity index (χ2v) is 9.91. The van der Waals surface area contributed by atoms with Gasteiger partial charge < -0.3 is 20.7 Å². The first-order chi connectivity index (χ1) is 18.4. The summed E-state index contributed by atoms with van der Waals surface area (Å²) in [6.45, 7) is 4.35. The molecule has 2 aliphatic rings. The predicted molar refractivity (Wildman–Crippen MR) is 144 cm³/mol. The molecule has 5 rings (SSSR count). The Kier molecular flexibility index (Phi) is 7.06. The molecule has 0 spiro atoms. The van der Waals surface area contributed by atoms with E-state index in [4.69, 9.17) is 22.1 Å². The minimum Gasteiger partial charge on any atom is -0.383 e. The molecule has 3 N–H and O–H groups in total. The van der Waals surface area contributed by atoms with E-state index >= 15 is 0 Å². The van der Waals surface area contributed by atoms with E-state index in [2.05, 4.69) is 39.0 Å². The lowest BCUT2D eigenvalue weighted by atomic mass is 10.0. The van der Waals surface area contributed by atoms with Gasteiger partial charge in [0.2, 0.25) is 5.91 Å². The molecular formula is C27H28ClN7O3. The van der Waals surface area contributed by atoms with Crippen LogP contribution in [0.5, 0.6) is 0 Å². The quantitative estimate of drug-likeness (QED) is 0.353. The topological polar surface area (TPSA) is 128 Å². The molecular weight excluding hydrogens is 506 g/mol. The Morgan fingerprint density at radius 1 is 1.34 bits per heavy atom. The zero-order chi connectivity index (χ0) is 27.0. The van der Waals surface area contributed by atoms with E-state index in [9.17, 15) is 9.59 Å². The fourth-order valence-corrected chi connectivity index (χ4v) is 5.32. The van der Waals surface area contributed by atoms with Gasteiger partial charge in [-0.15, -0.1) is 0 Å². The van der Waals surface area contributed by atoms with Gasteiger partial charge in [-0.2, -0.15) is 15.3 Å². The summed E-state index contributed by atoms with van der Waals surface area (Å²) in [5, 5.41) is 17.5. The zero-order valence-electron chi connectivity index (χ0n) is 21.2. The van der Waals surface area contributed by atoms with Crippen LogP contribution in [0.25, 0.3) is 10.9 Å². The number of halogens is 1. The highest BCUT2D eigenvalue weighted by Crippen LogP contribution is 2.43. The van der Waals surface area contributed by atoms with Gasteiger partial charge in [0, 0.05) is 31.7 Å². The third kappa shape index (κ3) is 4.71. The van der Waals surface area contributed by atoms with E-state index in [1.165, 1.54) is 6.08 Å². The molecule has 2 fully saturated rings. The van der Waals surface area contributed by atoms with Crippen molar-refractivity contribution < 1.29 is 14.3 Å². The average Bonchev–Trinajstić information content (AvgIpc) is 3.56. The Balaban J connectivity index is 1.53. The number of hydrogen-bond acceptors (Lipinski definition) is 7. The van der Waals surface area contributed by atoms with Crippen molar-refractivity contribution in [2.24, 2.45) is 5.73 Å². The highest BCUT2D eigenvalue weighted by Gasteiger charge is 2.38. The van der Waals surface area contributed by atoms with Gasteiger partial charge in [-0.25, -0.2) is 4.68 Å². The highest BCUT2D eigenvalue weighted by molar-refractivity contribution is 6.32. The number of methoxy groups -OCH3 is 1. The first-order valence-corrected chi connectivity index (χ1v) is 12.7. The molecule has 1 unspecified atom stereocenters. The minimum atomic E-state index is -0.667. The first kappa shape index (κ1) is 25.7. The predicted octanol–water partition coefficient (Wildman–Crippen LogP) is 2.87. The summed E-state index contributed by atoms with van der Waals surface area (Å²) in [6.07, 6.45) is 5.94. The molecule has 2 amide bonds. The van der Waals surface area contributed by atoms with Crippen molar-refractivity contribution in [1.82, 2.24) is 24.9 Å². The molecule has 1 aromatic carbocycles. The van der Waals surface area contributed by atoms with Crippen LogP contribution in [0.3, 0.4) is 0 Å². The fourth-order valence-electron chi connectivity index (χ4n) is 5.11. The number of hydrogen-bond donors (Lipinski definition) is 2. The van der Waals surface area contributed by atoms with Gasteiger partial charge in [0.1, 0.15) is 11.4 Å². The highest BCUT2D eigenvalue weighted by atomic mass is 35.5. The SMILES string of the molecule is C=CC(=O)N1CC(n2nc(C#Cc3cc4nncc(C5CC5)c4cc3Cl)c(C(N)=O)c2NC)C[C@@H]1COC. The smallest absolute Gasteiger partial charge is 0.255 e. The molecule has 1 saturated carbocycles. The zero-order valence-corrected chi connectivity index (χ0v) is 22.0. The Labute approximate surface area is 225 Å². The summed E-state index contributed by atoms with van der Waals surface area (Å²) in [6, 6.07) is 3.29. The fraction of sp³-hybridized carbons (Fsp3) is 0.370. The maximum atomic E-state index is 12.5. The molecule has 1 saturated heterocycles. The van der Waals surface area contributed by atoms with Gasteiger partial charge in [0.25, 0.3) is 5.91 Å². The second kappa shape index (κ2) is 10.4. The van der Waals surface area contributed by atoms with Crippen molar-refractivity contribution in [1.29, 1.82) is 0 Å². The van der Waals surface area contributed by atoms with E-state index in [0.29, 0.717) is 47.4 Å². The van der Waals surface area contributed by atoms with Crippen LogP contribution < -0.4 is 11.1 Å². The van der Waals surface area contributed by atoms with Crippen LogP contribution in [0.15, 0.2) is 31.0 Å². The summed E-state index contributed by atoms with van der Waals surface area (Å²) < 4.78 is 7.00. The minimum absolute atomic E-state index is 0.158. The van der Waals surface area contributed by atoms with Crippen LogP contribution in [0.1, 0.15) is 58.4 Å². The molecule has 10 nitrogen and oxygen atoms in total. The standard InChI is InChI=1S/C27H28ClN7O3/c1-4-24(36)34-13-17(10-18(34)14-38-3)35-27(30-2)25(26(29)37)22(33-35)8-7-16-9-23-19(11-21(16)28)20(12-31-32-23)15-5-6-15/h4,9,11-12,15,17-18,30H,1,5-6,10,13-14H2,2-3H3,(H2,29,37)/t17?,18-/m1/s1. The molecule has 2 atom stereocenters. The molecule has 3 heterocycles. The number of fused-ring (bicyclic) bond motifs is 1. The van der Waals surface area contributed by atoms with Gasteiger partial charge in [-0.05, 0) is 54.9 Å². The number of ether oxygens (including phenoxy) is 1. The summed E-state index contributed by atoms with van der Waals surface area (Å²) >= 11 is 6.60. The summed E-state index contributed by atoms with van der Waals surface area (Å²) in [4.78, 5) is 26.6. The Bertz CT molecular complexity index is 1500. The number of nitrogens with zero attached hydrogens (tertiary/aromatic N) is 5.